The summed E-state index contributed by atoms with van der Waals surface area (Å²) in [4.78, 5) is 9.14. The second-order valence-corrected chi connectivity index (χ2v) is 6.55. The van der Waals surface area contributed by atoms with E-state index in [0.717, 1.165) is 42.4 Å². The summed E-state index contributed by atoms with van der Waals surface area (Å²) in [6.45, 7) is 14.6. The van der Waals surface area contributed by atoms with Gasteiger partial charge in [0, 0.05) is 18.5 Å². The molecule has 0 unspecified atom stereocenters. The molecule has 1 rings (SSSR count). The summed E-state index contributed by atoms with van der Waals surface area (Å²) >= 11 is 0. The van der Waals surface area contributed by atoms with Crippen molar-refractivity contribution in [1.29, 1.82) is 0 Å². The van der Waals surface area contributed by atoms with E-state index in [4.69, 9.17) is 0 Å². The molecule has 0 atom stereocenters. The summed E-state index contributed by atoms with van der Waals surface area (Å²) in [5.74, 6) is 2.46. The number of nitrogens with zero attached hydrogens (tertiary/aromatic N) is 2. The molecule has 1 heterocycles. The number of aliphatic hydroxyl groups is 1. The fraction of sp³-hybridized carbons (Fsp3) is 0.750. The van der Waals surface area contributed by atoms with Crippen molar-refractivity contribution in [2.75, 3.05) is 17.2 Å². The topological polar surface area (TPSA) is 70.1 Å². The summed E-state index contributed by atoms with van der Waals surface area (Å²) in [7, 11) is 0. The zero-order chi connectivity index (χ0) is 16.3. The molecule has 0 saturated heterocycles. The van der Waals surface area contributed by atoms with Gasteiger partial charge in [0.25, 0.3) is 0 Å². The van der Waals surface area contributed by atoms with Crippen molar-refractivity contribution in [3.05, 3.63) is 11.4 Å². The molecule has 3 N–H and O–H groups in total. The summed E-state index contributed by atoms with van der Waals surface area (Å²) in [6.07, 6.45) is 1.82. The van der Waals surface area contributed by atoms with Crippen molar-refractivity contribution in [3.63, 3.8) is 0 Å². The van der Waals surface area contributed by atoms with Gasteiger partial charge in [-0.15, -0.1) is 0 Å². The molecule has 0 saturated carbocycles. The van der Waals surface area contributed by atoms with Gasteiger partial charge in [-0.3, -0.25) is 0 Å². The van der Waals surface area contributed by atoms with Gasteiger partial charge in [-0.1, -0.05) is 13.8 Å². The standard InChI is InChI=1S/C16H30N4O/c1-8-10-17-13-11(3)14(19-12(9-2)18-13)20-15(4,5)16(6,7)21/h21H,8-10H2,1-7H3,(H2,17,18,19,20). The fourth-order valence-corrected chi connectivity index (χ4v) is 1.71. The Balaban J connectivity index is 3.17. The highest BCUT2D eigenvalue weighted by Gasteiger charge is 2.35. The van der Waals surface area contributed by atoms with Crippen LogP contribution in [0, 0.1) is 6.92 Å². The minimum atomic E-state index is -0.867. The summed E-state index contributed by atoms with van der Waals surface area (Å²) in [5, 5.41) is 17.0. The lowest BCUT2D eigenvalue weighted by atomic mass is 9.86. The molecule has 1 aromatic rings. The lowest BCUT2D eigenvalue weighted by Crippen LogP contribution is -2.51. The van der Waals surface area contributed by atoms with Gasteiger partial charge in [0.1, 0.15) is 17.5 Å². The van der Waals surface area contributed by atoms with Crippen LogP contribution in [-0.4, -0.2) is 32.8 Å². The van der Waals surface area contributed by atoms with Gasteiger partial charge in [0.15, 0.2) is 0 Å². The Labute approximate surface area is 128 Å². The van der Waals surface area contributed by atoms with Gasteiger partial charge in [-0.05, 0) is 41.0 Å². The SMILES string of the molecule is CCCNc1nc(CC)nc(NC(C)(C)C(C)(C)O)c1C. The molecular formula is C16H30N4O. The van der Waals surface area contributed by atoms with Crippen LogP contribution in [0.25, 0.3) is 0 Å². The van der Waals surface area contributed by atoms with Gasteiger partial charge in [0.2, 0.25) is 0 Å². The highest BCUT2D eigenvalue weighted by Crippen LogP contribution is 2.28. The smallest absolute Gasteiger partial charge is 0.135 e. The zero-order valence-electron chi connectivity index (χ0n) is 14.5. The number of hydrogen-bond acceptors (Lipinski definition) is 5. The van der Waals surface area contributed by atoms with E-state index >= 15 is 0 Å². The van der Waals surface area contributed by atoms with Gasteiger partial charge in [-0.25, -0.2) is 9.97 Å². The van der Waals surface area contributed by atoms with E-state index < -0.39 is 11.1 Å². The van der Waals surface area contributed by atoms with Crippen LogP contribution in [0.2, 0.25) is 0 Å². The highest BCUT2D eigenvalue weighted by molar-refractivity contribution is 5.58. The minimum absolute atomic E-state index is 0.501. The predicted octanol–water partition coefficient (Wildman–Crippen LogP) is 3.13. The van der Waals surface area contributed by atoms with Crippen LogP contribution in [-0.2, 0) is 6.42 Å². The maximum atomic E-state index is 10.3. The van der Waals surface area contributed by atoms with Crippen molar-refractivity contribution < 1.29 is 5.11 Å². The molecule has 5 nitrogen and oxygen atoms in total. The van der Waals surface area contributed by atoms with E-state index in [-0.39, 0.29) is 0 Å². The molecular weight excluding hydrogens is 264 g/mol. The fourth-order valence-electron chi connectivity index (χ4n) is 1.71. The third-order valence-corrected chi connectivity index (χ3v) is 4.01. The normalized spacial score (nSPS) is 12.4. The molecule has 120 valence electrons. The van der Waals surface area contributed by atoms with Gasteiger partial charge in [-0.2, -0.15) is 0 Å². The first-order chi connectivity index (χ1) is 9.62. The summed E-state index contributed by atoms with van der Waals surface area (Å²) < 4.78 is 0. The summed E-state index contributed by atoms with van der Waals surface area (Å²) in [6, 6.07) is 0. The van der Waals surface area contributed by atoms with Crippen LogP contribution >= 0.6 is 0 Å². The van der Waals surface area contributed by atoms with Crippen LogP contribution in [0.4, 0.5) is 11.6 Å². The first-order valence-corrected chi connectivity index (χ1v) is 7.74. The van der Waals surface area contributed by atoms with E-state index in [9.17, 15) is 5.11 Å². The van der Waals surface area contributed by atoms with E-state index in [1.807, 2.05) is 27.7 Å². The number of nitrogens with one attached hydrogen (secondary N) is 2. The zero-order valence-corrected chi connectivity index (χ0v) is 14.5. The largest absolute Gasteiger partial charge is 0.388 e. The number of rotatable bonds is 7. The number of aromatic nitrogens is 2. The second kappa shape index (κ2) is 6.60. The summed E-state index contributed by atoms with van der Waals surface area (Å²) in [5.41, 5.74) is -0.384. The lowest BCUT2D eigenvalue weighted by Gasteiger charge is -2.39. The quantitative estimate of drug-likeness (QED) is 0.721. The molecule has 0 amide bonds. The molecule has 0 aliphatic rings. The molecule has 0 aromatic carbocycles. The predicted molar refractivity (Wildman–Crippen MR) is 88.9 cm³/mol. The number of hydrogen-bond donors (Lipinski definition) is 3. The van der Waals surface area contributed by atoms with Crippen molar-refractivity contribution in [1.82, 2.24) is 9.97 Å². The average Bonchev–Trinajstić information content (AvgIpc) is 2.38. The Morgan fingerprint density at radius 3 is 2.10 bits per heavy atom. The van der Waals surface area contributed by atoms with Crippen molar-refractivity contribution in [2.24, 2.45) is 0 Å². The Morgan fingerprint density at radius 2 is 1.62 bits per heavy atom. The maximum absolute atomic E-state index is 10.3. The molecule has 5 heteroatoms. The molecule has 1 aromatic heterocycles. The van der Waals surface area contributed by atoms with Crippen LogP contribution < -0.4 is 10.6 Å². The minimum Gasteiger partial charge on any atom is -0.388 e. The Kier molecular flexibility index (Phi) is 5.56. The maximum Gasteiger partial charge on any atom is 0.135 e. The average molecular weight is 294 g/mol. The molecule has 0 aliphatic heterocycles. The first kappa shape index (κ1) is 17.7. The van der Waals surface area contributed by atoms with Crippen LogP contribution in [0.5, 0.6) is 0 Å². The monoisotopic (exact) mass is 294 g/mol. The van der Waals surface area contributed by atoms with E-state index in [2.05, 4.69) is 27.5 Å². The molecule has 0 spiro atoms. The second-order valence-electron chi connectivity index (χ2n) is 6.55. The molecule has 0 radical (unpaired) electrons. The third kappa shape index (κ3) is 4.30. The van der Waals surface area contributed by atoms with Gasteiger partial charge >= 0.3 is 0 Å². The molecule has 0 aliphatic carbocycles. The third-order valence-electron chi connectivity index (χ3n) is 4.01. The highest BCUT2D eigenvalue weighted by atomic mass is 16.3. The van der Waals surface area contributed by atoms with Crippen molar-refractivity contribution in [2.45, 2.75) is 72.4 Å². The van der Waals surface area contributed by atoms with Crippen molar-refractivity contribution in [3.8, 4) is 0 Å². The Hall–Kier alpha value is -1.36. The van der Waals surface area contributed by atoms with Crippen LogP contribution in [0.1, 0.15) is 59.4 Å². The number of anilines is 2. The molecule has 0 fully saturated rings. The van der Waals surface area contributed by atoms with Gasteiger partial charge in [0.05, 0.1) is 11.1 Å². The molecule has 21 heavy (non-hydrogen) atoms. The molecule has 0 bridgehead atoms. The van der Waals surface area contributed by atoms with Gasteiger partial charge < -0.3 is 15.7 Å². The van der Waals surface area contributed by atoms with E-state index in [1.165, 1.54) is 0 Å². The van der Waals surface area contributed by atoms with E-state index in [1.54, 1.807) is 13.8 Å². The number of aryl methyl sites for hydroxylation is 1. The van der Waals surface area contributed by atoms with Crippen LogP contribution in [0.3, 0.4) is 0 Å². The Morgan fingerprint density at radius 1 is 1.05 bits per heavy atom. The first-order valence-electron chi connectivity index (χ1n) is 7.74. The van der Waals surface area contributed by atoms with Crippen molar-refractivity contribution >= 4 is 11.6 Å². The Bertz CT molecular complexity index is 478. The van der Waals surface area contributed by atoms with Crippen LogP contribution in [0.15, 0.2) is 0 Å². The lowest BCUT2D eigenvalue weighted by molar-refractivity contribution is 0.0238. The van der Waals surface area contributed by atoms with E-state index in [0.29, 0.717) is 0 Å².